The van der Waals surface area contributed by atoms with Crippen molar-refractivity contribution in [3.05, 3.63) is 59.7 Å². The largest absolute Gasteiger partial charge is 0.479 e. The molecule has 35 heavy (non-hydrogen) atoms. The van der Waals surface area contributed by atoms with Crippen LogP contribution >= 0.6 is 0 Å². The number of carboxylic acids is 1. The first-order chi connectivity index (χ1) is 17.0. The number of hydrogen-bond acceptors (Lipinski definition) is 5. The molecule has 184 valence electrons. The van der Waals surface area contributed by atoms with Gasteiger partial charge in [-0.2, -0.15) is 0 Å². The van der Waals surface area contributed by atoms with E-state index >= 15 is 0 Å². The Kier molecular flexibility index (Phi) is 6.72. The molecular weight excluding hydrogens is 448 g/mol. The van der Waals surface area contributed by atoms with Gasteiger partial charge in [-0.3, -0.25) is 4.79 Å². The topological polar surface area (TPSA) is 114 Å². The summed E-state index contributed by atoms with van der Waals surface area (Å²) in [7, 11) is 0. The molecular formula is C27H30N2O6. The lowest BCUT2D eigenvalue weighted by Crippen LogP contribution is -2.49. The molecule has 2 fully saturated rings. The molecule has 3 atom stereocenters. The van der Waals surface area contributed by atoms with E-state index in [2.05, 4.69) is 34.9 Å². The average molecular weight is 479 g/mol. The third kappa shape index (κ3) is 5.17. The third-order valence-corrected chi connectivity index (χ3v) is 7.21. The Bertz CT molecular complexity index is 1070. The molecule has 0 radical (unpaired) electrons. The summed E-state index contributed by atoms with van der Waals surface area (Å²) in [6.07, 6.45) is 1.65. The minimum absolute atomic E-state index is 0.0563. The lowest BCUT2D eigenvalue weighted by atomic mass is 9.98. The average Bonchev–Trinajstić information content (AvgIpc) is 3.45. The number of ether oxygens (including phenoxy) is 2. The van der Waals surface area contributed by atoms with Crippen molar-refractivity contribution in [1.82, 2.24) is 10.6 Å². The van der Waals surface area contributed by atoms with Gasteiger partial charge in [-0.1, -0.05) is 61.4 Å². The predicted molar refractivity (Wildman–Crippen MR) is 128 cm³/mol. The highest BCUT2D eigenvalue weighted by atomic mass is 16.5. The number of rotatable bonds is 9. The van der Waals surface area contributed by atoms with Crippen LogP contribution in [0.5, 0.6) is 0 Å². The van der Waals surface area contributed by atoms with E-state index in [4.69, 9.17) is 9.47 Å². The highest BCUT2D eigenvalue weighted by Gasteiger charge is 2.36. The van der Waals surface area contributed by atoms with Crippen molar-refractivity contribution >= 4 is 18.0 Å². The Hall–Kier alpha value is -3.39. The maximum absolute atomic E-state index is 12.9. The van der Waals surface area contributed by atoms with Crippen LogP contribution in [0.1, 0.15) is 42.7 Å². The zero-order chi connectivity index (χ0) is 24.4. The molecule has 2 unspecified atom stereocenters. The first-order valence-electron chi connectivity index (χ1n) is 12.2. The van der Waals surface area contributed by atoms with E-state index in [0.29, 0.717) is 25.4 Å². The van der Waals surface area contributed by atoms with Crippen molar-refractivity contribution in [3.8, 4) is 11.1 Å². The summed E-state index contributed by atoms with van der Waals surface area (Å²) in [5.41, 5.74) is 4.55. The SMILES string of the molecule is O=C(N[C@@H](CC1CC1)C(=O)NCC1CCOC1C(=O)O)OCC1c2ccccc2-c2ccccc21. The van der Waals surface area contributed by atoms with E-state index in [-0.39, 0.29) is 30.9 Å². The van der Waals surface area contributed by atoms with Gasteiger partial charge in [-0.25, -0.2) is 9.59 Å². The molecule has 8 nitrogen and oxygen atoms in total. The molecule has 1 aliphatic heterocycles. The summed E-state index contributed by atoms with van der Waals surface area (Å²) >= 11 is 0. The molecule has 2 amide bonds. The number of carboxylic acid groups (broad SMARTS) is 1. The summed E-state index contributed by atoms with van der Waals surface area (Å²) in [6, 6.07) is 15.5. The minimum Gasteiger partial charge on any atom is -0.479 e. The quantitative estimate of drug-likeness (QED) is 0.510. The van der Waals surface area contributed by atoms with Gasteiger partial charge in [-0.15, -0.1) is 0 Å². The van der Waals surface area contributed by atoms with Crippen LogP contribution in [0.4, 0.5) is 4.79 Å². The lowest BCUT2D eigenvalue weighted by molar-refractivity contribution is -0.149. The number of amides is 2. The highest BCUT2D eigenvalue weighted by Crippen LogP contribution is 2.44. The molecule has 1 heterocycles. The Morgan fingerprint density at radius 1 is 1.00 bits per heavy atom. The fourth-order valence-corrected chi connectivity index (χ4v) is 5.17. The highest BCUT2D eigenvalue weighted by molar-refractivity contribution is 5.86. The predicted octanol–water partition coefficient (Wildman–Crippen LogP) is 3.30. The zero-order valence-corrected chi connectivity index (χ0v) is 19.4. The van der Waals surface area contributed by atoms with Crippen LogP contribution in [0, 0.1) is 11.8 Å². The summed E-state index contributed by atoms with van der Waals surface area (Å²) in [5.74, 6) is -1.28. The fourth-order valence-electron chi connectivity index (χ4n) is 5.17. The molecule has 2 aromatic carbocycles. The van der Waals surface area contributed by atoms with E-state index < -0.39 is 24.2 Å². The number of nitrogens with one attached hydrogen (secondary N) is 2. The van der Waals surface area contributed by atoms with Crippen LogP contribution in [-0.4, -0.2) is 55.0 Å². The maximum Gasteiger partial charge on any atom is 0.407 e. The van der Waals surface area contributed by atoms with Gasteiger partial charge in [0.05, 0.1) is 0 Å². The number of hydrogen-bond donors (Lipinski definition) is 3. The summed E-state index contributed by atoms with van der Waals surface area (Å²) in [6.45, 7) is 0.738. The van der Waals surface area contributed by atoms with Crippen LogP contribution in [0.25, 0.3) is 11.1 Å². The smallest absolute Gasteiger partial charge is 0.407 e. The molecule has 1 saturated heterocycles. The van der Waals surface area contributed by atoms with Crippen LogP contribution in [-0.2, 0) is 19.1 Å². The van der Waals surface area contributed by atoms with E-state index in [1.54, 1.807) is 0 Å². The van der Waals surface area contributed by atoms with Crippen molar-refractivity contribution in [2.75, 3.05) is 19.8 Å². The number of alkyl carbamates (subject to hydrolysis) is 1. The minimum atomic E-state index is -1.02. The van der Waals surface area contributed by atoms with Gasteiger partial charge < -0.3 is 25.2 Å². The van der Waals surface area contributed by atoms with Crippen molar-refractivity contribution in [1.29, 1.82) is 0 Å². The van der Waals surface area contributed by atoms with Gasteiger partial charge >= 0.3 is 12.1 Å². The van der Waals surface area contributed by atoms with E-state index in [9.17, 15) is 19.5 Å². The molecule has 0 spiro atoms. The van der Waals surface area contributed by atoms with Crippen molar-refractivity contribution in [3.63, 3.8) is 0 Å². The summed E-state index contributed by atoms with van der Waals surface area (Å²) in [4.78, 5) is 36.9. The molecule has 0 bridgehead atoms. The molecule has 0 aromatic heterocycles. The van der Waals surface area contributed by atoms with Crippen LogP contribution in [0.3, 0.4) is 0 Å². The molecule has 5 rings (SSSR count). The van der Waals surface area contributed by atoms with Gasteiger partial charge in [0.25, 0.3) is 0 Å². The second-order valence-corrected chi connectivity index (χ2v) is 9.63. The van der Waals surface area contributed by atoms with Gasteiger partial charge in [0.2, 0.25) is 5.91 Å². The van der Waals surface area contributed by atoms with E-state index in [1.807, 2.05) is 24.3 Å². The van der Waals surface area contributed by atoms with Crippen molar-refractivity contribution in [2.24, 2.45) is 11.8 Å². The van der Waals surface area contributed by atoms with Gasteiger partial charge in [-0.05, 0) is 41.0 Å². The first kappa shape index (κ1) is 23.4. The van der Waals surface area contributed by atoms with Crippen LogP contribution < -0.4 is 10.6 Å². The number of carbonyl (C=O) groups is 3. The number of fused-ring (bicyclic) bond motifs is 3. The second-order valence-electron chi connectivity index (χ2n) is 9.63. The van der Waals surface area contributed by atoms with Crippen LogP contribution in [0.15, 0.2) is 48.5 Å². The fraction of sp³-hybridized carbons (Fsp3) is 0.444. The summed E-state index contributed by atoms with van der Waals surface area (Å²) in [5, 5.41) is 14.8. The van der Waals surface area contributed by atoms with Crippen LogP contribution in [0.2, 0.25) is 0 Å². The monoisotopic (exact) mass is 478 g/mol. The van der Waals surface area contributed by atoms with Gasteiger partial charge in [0, 0.05) is 25.0 Å². The summed E-state index contributed by atoms with van der Waals surface area (Å²) < 4.78 is 10.9. The second kappa shape index (κ2) is 10.1. The number of aliphatic carboxylic acids is 1. The zero-order valence-electron chi connectivity index (χ0n) is 19.4. The lowest BCUT2D eigenvalue weighted by Gasteiger charge is -2.21. The Labute approximate surface area is 204 Å². The molecule has 3 aliphatic rings. The normalized spacial score (nSPS) is 21.6. The molecule has 1 saturated carbocycles. The van der Waals surface area contributed by atoms with E-state index in [1.165, 1.54) is 0 Å². The third-order valence-electron chi connectivity index (χ3n) is 7.21. The number of carbonyl (C=O) groups excluding carboxylic acids is 2. The standard InChI is InChI=1S/C27H30N2O6/c30-25(28-14-17-11-12-34-24(17)26(31)32)23(13-16-9-10-16)29-27(33)35-15-22-20-7-3-1-5-18(20)19-6-2-4-8-21(19)22/h1-8,16-17,22-24H,9-15H2,(H,28,30)(H,29,33)(H,31,32)/t17?,23-,24?/m0/s1. The van der Waals surface area contributed by atoms with Gasteiger partial charge in [0.1, 0.15) is 12.6 Å². The molecule has 8 heteroatoms. The Balaban J connectivity index is 1.19. The van der Waals surface area contributed by atoms with Crippen molar-refractivity contribution in [2.45, 2.75) is 43.7 Å². The van der Waals surface area contributed by atoms with E-state index in [0.717, 1.165) is 35.1 Å². The molecule has 3 N–H and O–H groups in total. The molecule has 2 aliphatic carbocycles. The maximum atomic E-state index is 12.9. The Morgan fingerprint density at radius 3 is 2.29 bits per heavy atom. The van der Waals surface area contributed by atoms with Gasteiger partial charge in [0.15, 0.2) is 6.10 Å². The Morgan fingerprint density at radius 2 is 1.66 bits per heavy atom. The first-order valence-corrected chi connectivity index (χ1v) is 12.2. The van der Waals surface area contributed by atoms with Crippen molar-refractivity contribution < 1.29 is 29.0 Å². The number of benzene rings is 2. The molecule has 2 aromatic rings.